The summed E-state index contributed by atoms with van der Waals surface area (Å²) in [6.07, 6.45) is 0. The molecule has 2 aromatic heterocycles. The molecule has 0 atom stereocenters. The van der Waals surface area contributed by atoms with E-state index in [1.807, 2.05) is 44.2 Å². The minimum Gasteiger partial charge on any atom is -0.342 e. The Bertz CT molecular complexity index is 992. The molecule has 6 nitrogen and oxygen atoms in total. The molecule has 2 amide bonds. The second-order valence-corrected chi connectivity index (χ2v) is 8.28. The van der Waals surface area contributed by atoms with Gasteiger partial charge in [-0.3, -0.25) is 14.3 Å². The fourth-order valence-corrected chi connectivity index (χ4v) is 3.79. The quantitative estimate of drug-likeness (QED) is 0.623. The van der Waals surface area contributed by atoms with Crippen LogP contribution in [0.4, 0.5) is 5.82 Å². The summed E-state index contributed by atoms with van der Waals surface area (Å²) in [4.78, 5) is 26.1. The number of hydrogen-bond donors (Lipinski definition) is 2. The van der Waals surface area contributed by atoms with Gasteiger partial charge in [0.25, 0.3) is 5.91 Å². The van der Waals surface area contributed by atoms with Crippen molar-refractivity contribution in [3.8, 4) is 11.1 Å². The van der Waals surface area contributed by atoms with E-state index in [-0.39, 0.29) is 18.4 Å². The van der Waals surface area contributed by atoms with E-state index in [9.17, 15) is 9.59 Å². The lowest BCUT2D eigenvalue weighted by Gasteiger charge is -2.10. The van der Waals surface area contributed by atoms with Gasteiger partial charge in [-0.25, -0.2) is 0 Å². The van der Waals surface area contributed by atoms with Crippen molar-refractivity contribution in [2.45, 2.75) is 13.8 Å². The minimum atomic E-state index is -0.307. The maximum atomic E-state index is 12.4. The molecule has 2 heterocycles. The Kier molecular flexibility index (Phi) is 5.76. The molecule has 0 radical (unpaired) electrons. The van der Waals surface area contributed by atoms with Crippen molar-refractivity contribution < 1.29 is 9.59 Å². The first-order chi connectivity index (χ1) is 12.8. The van der Waals surface area contributed by atoms with Gasteiger partial charge in [0.2, 0.25) is 5.91 Å². The summed E-state index contributed by atoms with van der Waals surface area (Å²) in [5.41, 5.74) is 2.63. The average Bonchev–Trinajstić information content (AvgIpc) is 3.17. The second-order valence-electron chi connectivity index (χ2n) is 6.08. The van der Waals surface area contributed by atoms with Gasteiger partial charge in [0.05, 0.1) is 17.1 Å². The molecule has 0 saturated carbocycles. The van der Waals surface area contributed by atoms with E-state index in [1.165, 1.54) is 11.3 Å². The highest BCUT2D eigenvalue weighted by Crippen LogP contribution is 2.31. The smallest absolute Gasteiger partial charge is 0.261 e. The highest BCUT2D eigenvalue weighted by atomic mass is 79.9. The number of amides is 2. The normalized spacial score (nSPS) is 10.7. The number of nitrogens with one attached hydrogen (secondary N) is 2. The van der Waals surface area contributed by atoms with Gasteiger partial charge >= 0.3 is 0 Å². The minimum absolute atomic E-state index is 0.111. The maximum Gasteiger partial charge on any atom is 0.261 e. The van der Waals surface area contributed by atoms with E-state index < -0.39 is 0 Å². The van der Waals surface area contributed by atoms with Gasteiger partial charge in [-0.2, -0.15) is 5.10 Å². The van der Waals surface area contributed by atoms with E-state index in [0.29, 0.717) is 10.7 Å². The summed E-state index contributed by atoms with van der Waals surface area (Å²) in [5, 5.41) is 9.93. The summed E-state index contributed by atoms with van der Waals surface area (Å²) in [6.45, 7) is 3.72. The van der Waals surface area contributed by atoms with Crippen LogP contribution >= 0.6 is 27.3 Å². The molecule has 1 aromatic carbocycles. The van der Waals surface area contributed by atoms with E-state index in [4.69, 9.17) is 0 Å². The molecule has 0 aliphatic heterocycles. The average molecular weight is 447 g/mol. The largest absolute Gasteiger partial charge is 0.342 e. The molecule has 140 valence electrons. The molecule has 3 rings (SSSR count). The number of halogens is 1. The number of benzene rings is 1. The van der Waals surface area contributed by atoms with Crippen LogP contribution in [0.1, 0.15) is 20.2 Å². The SMILES string of the molecule is Cc1ccc(C(=O)NCC(=O)Nc2c(-c3ccc(Br)cc3)c(C)nn2C)s1. The first-order valence-electron chi connectivity index (χ1n) is 8.29. The van der Waals surface area contributed by atoms with Crippen LogP contribution in [0, 0.1) is 13.8 Å². The van der Waals surface area contributed by atoms with E-state index in [0.717, 1.165) is 26.2 Å². The maximum absolute atomic E-state index is 12.4. The zero-order valence-corrected chi connectivity index (χ0v) is 17.6. The summed E-state index contributed by atoms with van der Waals surface area (Å²) < 4.78 is 2.61. The lowest BCUT2D eigenvalue weighted by molar-refractivity contribution is -0.115. The lowest BCUT2D eigenvalue weighted by Crippen LogP contribution is -2.33. The molecule has 0 spiro atoms. The highest BCUT2D eigenvalue weighted by molar-refractivity contribution is 9.10. The van der Waals surface area contributed by atoms with Gasteiger partial charge in [-0.05, 0) is 43.7 Å². The van der Waals surface area contributed by atoms with Crippen molar-refractivity contribution >= 4 is 44.9 Å². The van der Waals surface area contributed by atoms with Crippen molar-refractivity contribution in [2.75, 3.05) is 11.9 Å². The summed E-state index contributed by atoms with van der Waals surface area (Å²) >= 11 is 4.82. The number of hydrogen-bond acceptors (Lipinski definition) is 4. The molecule has 3 aromatic rings. The molecule has 0 unspecified atom stereocenters. The summed E-state index contributed by atoms with van der Waals surface area (Å²) in [6, 6.07) is 11.4. The van der Waals surface area contributed by atoms with Crippen molar-refractivity contribution in [2.24, 2.45) is 7.05 Å². The zero-order valence-electron chi connectivity index (χ0n) is 15.2. The van der Waals surface area contributed by atoms with Gasteiger partial charge in [-0.1, -0.05) is 28.1 Å². The van der Waals surface area contributed by atoms with Crippen molar-refractivity contribution in [1.29, 1.82) is 0 Å². The second kappa shape index (κ2) is 8.06. The topological polar surface area (TPSA) is 76.0 Å². The van der Waals surface area contributed by atoms with Crippen molar-refractivity contribution in [3.05, 3.63) is 56.3 Å². The predicted octanol–water partition coefficient (Wildman–Crippen LogP) is 3.90. The first kappa shape index (κ1) is 19.3. The molecule has 2 N–H and O–H groups in total. The van der Waals surface area contributed by atoms with Crippen LogP contribution in [0.3, 0.4) is 0 Å². The van der Waals surface area contributed by atoms with Crippen molar-refractivity contribution in [3.63, 3.8) is 0 Å². The van der Waals surface area contributed by atoms with Gasteiger partial charge < -0.3 is 10.6 Å². The zero-order chi connectivity index (χ0) is 19.6. The Balaban J connectivity index is 1.72. The van der Waals surface area contributed by atoms with E-state index >= 15 is 0 Å². The summed E-state index contributed by atoms with van der Waals surface area (Å²) in [5.74, 6) is 0.0385. The van der Waals surface area contributed by atoms with Crippen LogP contribution in [0.15, 0.2) is 40.9 Å². The lowest BCUT2D eigenvalue weighted by atomic mass is 10.1. The molecular formula is C19H19BrN4O2S. The van der Waals surface area contributed by atoms with Crippen LogP contribution in [0.5, 0.6) is 0 Å². The van der Waals surface area contributed by atoms with E-state index in [1.54, 1.807) is 17.8 Å². The first-order valence-corrected chi connectivity index (χ1v) is 9.90. The Morgan fingerprint density at radius 3 is 2.48 bits per heavy atom. The number of aryl methyl sites for hydroxylation is 3. The van der Waals surface area contributed by atoms with Gasteiger partial charge in [0, 0.05) is 22.0 Å². The van der Waals surface area contributed by atoms with Crippen LogP contribution < -0.4 is 10.6 Å². The number of carbonyl (C=O) groups excluding carboxylic acids is 2. The molecule has 0 aliphatic rings. The molecule has 8 heteroatoms. The van der Waals surface area contributed by atoms with Crippen LogP contribution in [-0.2, 0) is 11.8 Å². The van der Waals surface area contributed by atoms with Gasteiger partial charge in [0.15, 0.2) is 0 Å². The van der Waals surface area contributed by atoms with Crippen LogP contribution in [-0.4, -0.2) is 28.1 Å². The number of aromatic nitrogens is 2. The molecule has 27 heavy (non-hydrogen) atoms. The Morgan fingerprint density at radius 2 is 1.85 bits per heavy atom. The van der Waals surface area contributed by atoms with E-state index in [2.05, 4.69) is 31.7 Å². The molecule has 0 aliphatic carbocycles. The van der Waals surface area contributed by atoms with Crippen LogP contribution in [0.2, 0.25) is 0 Å². The fraction of sp³-hybridized carbons (Fsp3) is 0.211. The Hall–Kier alpha value is -2.45. The van der Waals surface area contributed by atoms with Crippen LogP contribution in [0.25, 0.3) is 11.1 Å². The number of rotatable bonds is 5. The Labute approximate surface area is 169 Å². The standard InChI is InChI=1S/C19H19BrN4O2S/c1-11-4-9-15(27-11)19(26)21-10-16(25)22-18-17(12(2)23-24(18)3)13-5-7-14(20)8-6-13/h4-9H,10H2,1-3H3,(H,21,26)(H,22,25). The highest BCUT2D eigenvalue weighted by Gasteiger charge is 2.18. The third-order valence-electron chi connectivity index (χ3n) is 3.99. The fourth-order valence-electron chi connectivity index (χ4n) is 2.74. The molecule has 0 saturated heterocycles. The third-order valence-corrected chi connectivity index (χ3v) is 5.51. The molecule has 0 bridgehead atoms. The predicted molar refractivity (Wildman–Crippen MR) is 111 cm³/mol. The number of carbonyl (C=O) groups is 2. The number of anilines is 1. The van der Waals surface area contributed by atoms with Crippen molar-refractivity contribution in [1.82, 2.24) is 15.1 Å². The monoisotopic (exact) mass is 446 g/mol. The molecular weight excluding hydrogens is 428 g/mol. The summed E-state index contributed by atoms with van der Waals surface area (Å²) in [7, 11) is 1.78. The van der Waals surface area contributed by atoms with Gasteiger partial charge in [0.1, 0.15) is 5.82 Å². The number of nitrogens with zero attached hydrogens (tertiary/aromatic N) is 2. The Morgan fingerprint density at radius 1 is 1.15 bits per heavy atom. The molecule has 0 fully saturated rings. The number of thiophene rings is 1. The third kappa shape index (κ3) is 4.45. The van der Waals surface area contributed by atoms with Gasteiger partial charge in [-0.15, -0.1) is 11.3 Å².